The average molecular weight is 299 g/mol. The molecule has 3 aromatic rings. The zero-order valence-corrected chi connectivity index (χ0v) is 13.5. The van der Waals surface area contributed by atoms with Crippen LogP contribution in [0.4, 0.5) is 0 Å². The fraction of sp³-hybridized carbons (Fsp3) is 0.182. The van der Waals surface area contributed by atoms with Crippen LogP contribution in [0.1, 0.15) is 36.5 Å². The Morgan fingerprint density at radius 1 is 0.826 bits per heavy atom. The Morgan fingerprint density at radius 2 is 1.57 bits per heavy atom. The van der Waals surface area contributed by atoms with Crippen molar-refractivity contribution < 1.29 is 0 Å². The summed E-state index contributed by atoms with van der Waals surface area (Å²) in [5.74, 6) is 6.59. The van der Waals surface area contributed by atoms with Crippen molar-refractivity contribution in [3.8, 4) is 17.5 Å². The van der Waals surface area contributed by atoms with Crippen molar-refractivity contribution in [2.75, 3.05) is 0 Å². The molecule has 0 spiro atoms. The molecule has 1 nitrogen and oxygen atoms in total. The van der Waals surface area contributed by atoms with Crippen LogP contribution in [-0.4, -0.2) is 4.57 Å². The quantitative estimate of drug-likeness (QED) is 0.582. The molecule has 0 aliphatic rings. The van der Waals surface area contributed by atoms with Crippen molar-refractivity contribution in [3.63, 3.8) is 0 Å². The zero-order valence-electron chi connectivity index (χ0n) is 13.5. The molecule has 2 aromatic carbocycles. The molecule has 0 N–H and O–H groups in total. The van der Waals surface area contributed by atoms with Gasteiger partial charge in [-0.2, -0.15) is 0 Å². The summed E-state index contributed by atoms with van der Waals surface area (Å²) in [5, 5.41) is 0. The first-order chi connectivity index (χ1) is 11.4. The first-order valence-electron chi connectivity index (χ1n) is 8.20. The van der Waals surface area contributed by atoms with Crippen LogP contribution < -0.4 is 0 Å². The Kier molecular flexibility index (Phi) is 4.96. The van der Waals surface area contributed by atoms with Gasteiger partial charge >= 0.3 is 0 Å². The van der Waals surface area contributed by atoms with Gasteiger partial charge in [-0.1, -0.05) is 49.5 Å². The summed E-state index contributed by atoms with van der Waals surface area (Å²) in [7, 11) is 0. The highest BCUT2D eigenvalue weighted by molar-refractivity contribution is 5.53. The highest BCUT2D eigenvalue weighted by Gasteiger charge is 2.00. The molecule has 23 heavy (non-hydrogen) atoms. The second-order valence-electron chi connectivity index (χ2n) is 5.66. The van der Waals surface area contributed by atoms with Crippen LogP contribution in [0.25, 0.3) is 5.69 Å². The second kappa shape index (κ2) is 7.51. The minimum absolute atomic E-state index is 1.04. The summed E-state index contributed by atoms with van der Waals surface area (Å²) in [4.78, 5) is 0. The molecule has 0 aliphatic carbocycles. The van der Waals surface area contributed by atoms with E-state index in [-0.39, 0.29) is 0 Å². The molecule has 1 heterocycles. The molecule has 3 rings (SSSR count). The number of aryl methyl sites for hydroxylation is 1. The van der Waals surface area contributed by atoms with Gasteiger partial charge in [0.05, 0.1) is 5.69 Å². The summed E-state index contributed by atoms with van der Waals surface area (Å²) in [6.07, 6.45) is 7.72. The SMILES string of the molecule is CCCCc1ccc(C#Cc2ccccc2-n2cccc2)cc1. The van der Waals surface area contributed by atoms with Crippen LogP contribution >= 0.6 is 0 Å². The molecule has 1 aromatic heterocycles. The molecule has 0 amide bonds. The van der Waals surface area contributed by atoms with Gasteiger partial charge in [0.15, 0.2) is 0 Å². The van der Waals surface area contributed by atoms with E-state index in [0.717, 1.165) is 23.2 Å². The van der Waals surface area contributed by atoms with Gasteiger partial charge in [0, 0.05) is 23.5 Å². The Labute approximate surface area is 138 Å². The molecule has 114 valence electrons. The van der Waals surface area contributed by atoms with E-state index in [1.165, 1.54) is 18.4 Å². The van der Waals surface area contributed by atoms with E-state index >= 15 is 0 Å². The number of rotatable bonds is 4. The maximum Gasteiger partial charge on any atom is 0.0606 e. The molecular weight excluding hydrogens is 278 g/mol. The van der Waals surface area contributed by atoms with Gasteiger partial charge in [0.25, 0.3) is 0 Å². The third-order valence-corrected chi connectivity index (χ3v) is 3.90. The van der Waals surface area contributed by atoms with E-state index in [4.69, 9.17) is 0 Å². The van der Waals surface area contributed by atoms with Gasteiger partial charge < -0.3 is 4.57 Å². The van der Waals surface area contributed by atoms with Crippen LogP contribution in [0.15, 0.2) is 73.1 Å². The molecule has 0 aliphatic heterocycles. The fourth-order valence-electron chi connectivity index (χ4n) is 2.57. The van der Waals surface area contributed by atoms with E-state index < -0.39 is 0 Å². The van der Waals surface area contributed by atoms with Crippen molar-refractivity contribution in [2.45, 2.75) is 26.2 Å². The number of aromatic nitrogens is 1. The van der Waals surface area contributed by atoms with Crippen LogP contribution in [-0.2, 0) is 6.42 Å². The lowest BCUT2D eigenvalue weighted by atomic mass is 10.1. The molecular formula is C22H21N. The third kappa shape index (κ3) is 3.93. The van der Waals surface area contributed by atoms with E-state index in [9.17, 15) is 0 Å². The van der Waals surface area contributed by atoms with Crippen molar-refractivity contribution in [3.05, 3.63) is 89.7 Å². The number of hydrogen-bond donors (Lipinski definition) is 0. The van der Waals surface area contributed by atoms with E-state index in [2.05, 4.69) is 59.7 Å². The van der Waals surface area contributed by atoms with Gasteiger partial charge in [-0.05, 0) is 54.8 Å². The summed E-state index contributed by atoms with van der Waals surface area (Å²) in [6.45, 7) is 2.22. The number of nitrogens with zero attached hydrogens (tertiary/aromatic N) is 1. The third-order valence-electron chi connectivity index (χ3n) is 3.90. The van der Waals surface area contributed by atoms with Gasteiger partial charge in [0.2, 0.25) is 0 Å². The Hall–Kier alpha value is -2.72. The lowest BCUT2D eigenvalue weighted by Crippen LogP contribution is -1.93. The van der Waals surface area contributed by atoms with Crippen molar-refractivity contribution in [2.24, 2.45) is 0 Å². The summed E-state index contributed by atoms with van der Waals surface area (Å²) in [6, 6.07) is 20.9. The Bertz CT molecular complexity index is 799. The van der Waals surface area contributed by atoms with Crippen LogP contribution in [0.5, 0.6) is 0 Å². The van der Waals surface area contributed by atoms with Gasteiger partial charge in [0.1, 0.15) is 0 Å². The number of unbranched alkanes of at least 4 members (excludes halogenated alkanes) is 1. The zero-order chi connectivity index (χ0) is 15.9. The molecule has 0 radical (unpaired) electrons. The van der Waals surface area contributed by atoms with Crippen molar-refractivity contribution in [1.29, 1.82) is 0 Å². The monoisotopic (exact) mass is 299 g/mol. The Balaban J connectivity index is 1.82. The first-order valence-corrected chi connectivity index (χ1v) is 8.20. The smallest absolute Gasteiger partial charge is 0.0606 e. The normalized spacial score (nSPS) is 10.1. The van der Waals surface area contributed by atoms with Crippen molar-refractivity contribution >= 4 is 0 Å². The minimum Gasteiger partial charge on any atom is -0.323 e. The minimum atomic E-state index is 1.04. The molecule has 0 unspecified atom stereocenters. The lowest BCUT2D eigenvalue weighted by molar-refractivity contribution is 0.795. The van der Waals surface area contributed by atoms with Gasteiger partial charge in [-0.25, -0.2) is 0 Å². The van der Waals surface area contributed by atoms with Crippen LogP contribution in [0, 0.1) is 11.8 Å². The highest BCUT2D eigenvalue weighted by Crippen LogP contribution is 2.14. The summed E-state index contributed by atoms with van der Waals surface area (Å²) >= 11 is 0. The highest BCUT2D eigenvalue weighted by atomic mass is 14.9. The van der Waals surface area contributed by atoms with E-state index in [1.54, 1.807) is 0 Å². The van der Waals surface area contributed by atoms with E-state index in [0.29, 0.717) is 0 Å². The molecule has 0 saturated heterocycles. The number of benzene rings is 2. The maximum atomic E-state index is 3.31. The fourth-order valence-corrected chi connectivity index (χ4v) is 2.57. The van der Waals surface area contributed by atoms with Crippen molar-refractivity contribution in [1.82, 2.24) is 4.57 Å². The molecule has 0 fully saturated rings. The number of para-hydroxylation sites is 1. The average Bonchev–Trinajstić information content (AvgIpc) is 3.14. The predicted molar refractivity (Wildman–Crippen MR) is 96.8 cm³/mol. The van der Waals surface area contributed by atoms with E-state index in [1.807, 2.05) is 36.7 Å². The largest absolute Gasteiger partial charge is 0.323 e. The summed E-state index contributed by atoms with van der Waals surface area (Å²) in [5.41, 5.74) is 4.61. The molecule has 0 bridgehead atoms. The lowest BCUT2D eigenvalue weighted by Gasteiger charge is -2.05. The molecule has 0 atom stereocenters. The topological polar surface area (TPSA) is 4.93 Å². The van der Waals surface area contributed by atoms with Gasteiger partial charge in [-0.15, -0.1) is 0 Å². The molecule has 0 saturated carbocycles. The van der Waals surface area contributed by atoms with Crippen LogP contribution in [0.2, 0.25) is 0 Å². The number of hydrogen-bond acceptors (Lipinski definition) is 0. The second-order valence-corrected chi connectivity index (χ2v) is 5.66. The maximum absolute atomic E-state index is 3.31. The van der Waals surface area contributed by atoms with Gasteiger partial charge in [-0.3, -0.25) is 0 Å². The van der Waals surface area contributed by atoms with Crippen LogP contribution in [0.3, 0.4) is 0 Å². The molecule has 1 heteroatoms. The standard InChI is InChI=1S/C22H21N/c1-2-3-8-19-11-13-20(14-12-19)15-16-21-9-4-5-10-22(21)23-17-6-7-18-23/h4-7,9-14,17-18H,2-3,8H2,1H3. The first kappa shape index (κ1) is 15.2. The Morgan fingerprint density at radius 3 is 2.30 bits per heavy atom. The predicted octanol–water partition coefficient (Wildman–Crippen LogP) is 5.22. The summed E-state index contributed by atoms with van der Waals surface area (Å²) < 4.78 is 2.10.